The highest BCUT2D eigenvalue weighted by Crippen LogP contribution is 2.28. The van der Waals surface area contributed by atoms with Gasteiger partial charge >= 0.3 is 0 Å². The van der Waals surface area contributed by atoms with E-state index in [1.807, 2.05) is 18.2 Å². The fraction of sp³-hybridized carbons (Fsp3) is 0.500. The molecule has 0 fully saturated rings. The van der Waals surface area contributed by atoms with E-state index in [4.69, 9.17) is 14.2 Å². The standard InChI is InChI=1S/C34H47N5O8/c1-20(2)29-32(43)36-21(3)19-47-25-13-9-8-12-23(25)30(41)37-24(18-28(40)39-34(4,5)33(44)38-29)31(42)35-16-10-11-22-14-15-26(45-6)27(17-22)46-7/h8-9,12-15,17,20-21,24,29H,10-11,16,18-19H2,1-7H3,(H,35,42)(H,36,43)(H,37,41)(H,38,44)(H,39,40)/t21-,24-,29+/m0/s1. The van der Waals surface area contributed by atoms with Crippen LogP contribution in [0.1, 0.15) is 63.4 Å². The Balaban J connectivity index is 1.82. The summed E-state index contributed by atoms with van der Waals surface area (Å²) in [6.45, 7) is 8.63. The van der Waals surface area contributed by atoms with Crippen LogP contribution in [0.2, 0.25) is 0 Å². The molecule has 5 N–H and O–H groups in total. The summed E-state index contributed by atoms with van der Waals surface area (Å²) < 4.78 is 16.5. The molecule has 3 atom stereocenters. The summed E-state index contributed by atoms with van der Waals surface area (Å²) in [4.78, 5) is 66.5. The van der Waals surface area contributed by atoms with E-state index in [1.165, 1.54) is 13.8 Å². The van der Waals surface area contributed by atoms with Gasteiger partial charge in [0, 0.05) is 6.54 Å². The zero-order valence-electron chi connectivity index (χ0n) is 28.2. The quantitative estimate of drug-likeness (QED) is 0.269. The summed E-state index contributed by atoms with van der Waals surface area (Å²) in [6, 6.07) is 9.45. The third-order valence-electron chi connectivity index (χ3n) is 7.67. The molecule has 0 spiro atoms. The Hall–Kier alpha value is -4.81. The molecule has 3 rings (SSSR count). The predicted octanol–water partition coefficient (Wildman–Crippen LogP) is 1.87. The van der Waals surface area contributed by atoms with Crippen LogP contribution >= 0.6 is 0 Å². The lowest BCUT2D eigenvalue weighted by Gasteiger charge is -2.30. The van der Waals surface area contributed by atoms with Gasteiger partial charge in [0.2, 0.25) is 23.6 Å². The molecule has 5 amide bonds. The second-order valence-corrected chi connectivity index (χ2v) is 12.4. The molecular weight excluding hydrogens is 606 g/mol. The van der Waals surface area contributed by atoms with Gasteiger partial charge in [0.05, 0.1) is 32.2 Å². The first-order valence-electron chi connectivity index (χ1n) is 15.7. The summed E-state index contributed by atoms with van der Waals surface area (Å²) >= 11 is 0. The summed E-state index contributed by atoms with van der Waals surface area (Å²) in [5, 5.41) is 13.7. The Morgan fingerprint density at radius 2 is 1.70 bits per heavy atom. The van der Waals surface area contributed by atoms with Crippen molar-refractivity contribution in [2.75, 3.05) is 27.4 Å². The highest BCUT2D eigenvalue weighted by atomic mass is 16.5. The van der Waals surface area contributed by atoms with Crippen LogP contribution in [0.3, 0.4) is 0 Å². The molecule has 0 radical (unpaired) electrons. The zero-order chi connectivity index (χ0) is 34.7. The number of amides is 5. The molecule has 0 aliphatic carbocycles. The van der Waals surface area contributed by atoms with Gasteiger partial charge in [0.1, 0.15) is 30.0 Å². The Kier molecular flexibility index (Phi) is 13.0. The average Bonchev–Trinajstić information content (AvgIpc) is 3.03. The summed E-state index contributed by atoms with van der Waals surface area (Å²) in [7, 11) is 3.12. The molecule has 0 aromatic heterocycles. The fourth-order valence-electron chi connectivity index (χ4n) is 4.98. The molecule has 13 nitrogen and oxygen atoms in total. The summed E-state index contributed by atoms with van der Waals surface area (Å²) in [5.41, 5.74) is -0.308. The number of hydrogen-bond donors (Lipinski definition) is 5. The van der Waals surface area contributed by atoms with Gasteiger partial charge in [-0.2, -0.15) is 0 Å². The summed E-state index contributed by atoms with van der Waals surface area (Å²) in [6.07, 6.45) is 0.747. The maximum Gasteiger partial charge on any atom is 0.255 e. The third-order valence-corrected chi connectivity index (χ3v) is 7.67. The Bertz CT molecular complexity index is 1440. The number of ether oxygens (including phenoxy) is 3. The maximum atomic E-state index is 13.5. The number of carbonyl (C=O) groups excluding carboxylic acids is 5. The van der Waals surface area contributed by atoms with Crippen molar-refractivity contribution >= 4 is 29.5 Å². The Morgan fingerprint density at radius 1 is 1.00 bits per heavy atom. The molecule has 1 heterocycles. The maximum absolute atomic E-state index is 13.5. The lowest BCUT2D eigenvalue weighted by atomic mass is 9.98. The van der Waals surface area contributed by atoms with Crippen molar-refractivity contribution in [1.82, 2.24) is 26.6 Å². The van der Waals surface area contributed by atoms with Crippen LogP contribution in [0.4, 0.5) is 0 Å². The number of aryl methyl sites for hydroxylation is 1. The van der Waals surface area contributed by atoms with E-state index in [0.717, 1.165) is 5.56 Å². The number of methoxy groups -OCH3 is 2. The summed E-state index contributed by atoms with van der Waals surface area (Å²) in [5.74, 6) is -1.65. The molecule has 47 heavy (non-hydrogen) atoms. The molecule has 13 heteroatoms. The average molecular weight is 654 g/mol. The fourth-order valence-corrected chi connectivity index (χ4v) is 4.98. The van der Waals surface area contributed by atoms with Gasteiger partial charge in [-0.15, -0.1) is 0 Å². The molecule has 0 saturated carbocycles. The predicted molar refractivity (Wildman–Crippen MR) is 175 cm³/mol. The van der Waals surface area contributed by atoms with Crippen molar-refractivity contribution in [3.8, 4) is 17.2 Å². The normalized spacial score (nSPS) is 20.7. The van der Waals surface area contributed by atoms with E-state index < -0.39 is 59.6 Å². The zero-order valence-corrected chi connectivity index (χ0v) is 28.2. The first-order valence-corrected chi connectivity index (χ1v) is 15.7. The SMILES string of the molecule is COc1ccc(CCCNC(=O)[C@@H]2CC(=O)NC(C)(C)C(=O)N[C@H](C(C)C)C(=O)N[C@@H](C)COc3ccccc3C(=O)N2)cc1OC. The first kappa shape index (κ1) is 36.7. The molecule has 1 aliphatic heterocycles. The first-order chi connectivity index (χ1) is 22.2. The Labute approximate surface area is 275 Å². The molecule has 0 bridgehead atoms. The topological polar surface area (TPSA) is 173 Å². The van der Waals surface area contributed by atoms with Crippen molar-refractivity contribution in [2.45, 2.75) is 77.5 Å². The van der Waals surface area contributed by atoms with Crippen molar-refractivity contribution in [2.24, 2.45) is 5.92 Å². The molecule has 2 aromatic rings. The van der Waals surface area contributed by atoms with E-state index in [1.54, 1.807) is 59.3 Å². The number of rotatable bonds is 8. The van der Waals surface area contributed by atoms with Gasteiger partial charge in [-0.3, -0.25) is 24.0 Å². The highest BCUT2D eigenvalue weighted by molar-refractivity contribution is 6.01. The van der Waals surface area contributed by atoms with Crippen LogP contribution in [0.15, 0.2) is 42.5 Å². The van der Waals surface area contributed by atoms with E-state index in [0.29, 0.717) is 24.3 Å². The third kappa shape index (κ3) is 10.3. The Morgan fingerprint density at radius 3 is 2.38 bits per heavy atom. The smallest absolute Gasteiger partial charge is 0.255 e. The largest absolute Gasteiger partial charge is 0.493 e. The monoisotopic (exact) mass is 653 g/mol. The second-order valence-electron chi connectivity index (χ2n) is 12.4. The molecular formula is C34H47N5O8. The second kappa shape index (κ2) is 16.7. The van der Waals surface area contributed by atoms with Crippen molar-refractivity contribution in [1.29, 1.82) is 0 Å². The van der Waals surface area contributed by atoms with Crippen molar-refractivity contribution in [3.63, 3.8) is 0 Å². The van der Waals surface area contributed by atoms with Crippen LogP contribution in [-0.4, -0.2) is 80.6 Å². The number of carbonyl (C=O) groups is 5. The van der Waals surface area contributed by atoms with Crippen LogP contribution in [0.25, 0.3) is 0 Å². The number of benzene rings is 2. The minimum atomic E-state index is -1.44. The molecule has 0 saturated heterocycles. The van der Waals surface area contributed by atoms with Gasteiger partial charge in [0.25, 0.3) is 5.91 Å². The van der Waals surface area contributed by atoms with Gasteiger partial charge in [-0.1, -0.05) is 32.0 Å². The van der Waals surface area contributed by atoms with E-state index in [2.05, 4.69) is 26.6 Å². The minimum Gasteiger partial charge on any atom is -0.493 e. The van der Waals surface area contributed by atoms with Crippen LogP contribution in [-0.2, 0) is 25.6 Å². The molecule has 0 unspecified atom stereocenters. The number of fused-ring (bicyclic) bond motifs is 1. The van der Waals surface area contributed by atoms with Crippen molar-refractivity contribution < 1.29 is 38.2 Å². The van der Waals surface area contributed by atoms with Gasteiger partial charge in [0.15, 0.2) is 11.5 Å². The van der Waals surface area contributed by atoms with E-state index >= 15 is 0 Å². The van der Waals surface area contributed by atoms with Gasteiger partial charge in [-0.05, 0) is 69.4 Å². The number of hydrogen-bond acceptors (Lipinski definition) is 8. The van der Waals surface area contributed by atoms with Gasteiger partial charge < -0.3 is 40.8 Å². The van der Waals surface area contributed by atoms with Crippen LogP contribution in [0, 0.1) is 5.92 Å². The minimum absolute atomic E-state index is 0.0321. The van der Waals surface area contributed by atoms with Crippen LogP contribution < -0.4 is 40.8 Å². The van der Waals surface area contributed by atoms with E-state index in [-0.39, 0.29) is 30.4 Å². The molecule has 1 aliphatic rings. The lowest BCUT2D eigenvalue weighted by Crippen LogP contribution is -2.61. The van der Waals surface area contributed by atoms with Crippen LogP contribution in [0.5, 0.6) is 17.2 Å². The highest BCUT2D eigenvalue weighted by Gasteiger charge is 2.36. The number of nitrogens with one attached hydrogen (secondary N) is 5. The van der Waals surface area contributed by atoms with Gasteiger partial charge in [-0.25, -0.2) is 0 Å². The molecule has 2 aromatic carbocycles. The lowest BCUT2D eigenvalue weighted by molar-refractivity contribution is -0.136. The van der Waals surface area contributed by atoms with E-state index in [9.17, 15) is 24.0 Å². The number of para-hydroxylation sites is 1. The van der Waals surface area contributed by atoms with Crippen molar-refractivity contribution in [3.05, 3.63) is 53.6 Å². The molecule has 256 valence electrons.